The van der Waals surface area contributed by atoms with Gasteiger partial charge in [-0.3, -0.25) is 0 Å². The fourth-order valence-corrected chi connectivity index (χ4v) is 6.60. The summed E-state index contributed by atoms with van der Waals surface area (Å²) in [5, 5.41) is 0. The summed E-state index contributed by atoms with van der Waals surface area (Å²) in [7, 11) is -0.517. The first-order chi connectivity index (χ1) is 17.1. The van der Waals surface area contributed by atoms with Crippen molar-refractivity contribution >= 4 is 7.26 Å². The monoisotopic (exact) mass is 590 g/mol. The molecule has 0 aliphatic heterocycles. The molecule has 0 aromatic heterocycles. The van der Waals surface area contributed by atoms with Crippen LogP contribution in [-0.4, -0.2) is 26.2 Å². The van der Waals surface area contributed by atoms with Gasteiger partial charge in [0.2, 0.25) is 0 Å². The van der Waals surface area contributed by atoms with E-state index in [0.29, 0.717) is 0 Å². The summed E-state index contributed by atoms with van der Waals surface area (Å²) in [4.78, 5) is 0. The normalized spacial score (nSPS) is 11.7. The predicted octanol–water partition coefficient (Wildman–Crippen LogP) is 10.2. The van der Waals surface area contributed by atoms with Gasteiger partial charge in [0.25, 0.3) is 0 Å². The second-order valence-corrected chi connectivity index (χ2v) is 17.9. The van der Waals surface area contributed by atoms with Crippen molar-refractivity contribution in [2.45, 2.75) is 193 Å². The predicted molar refractivity (Wildman–Crippen MR) is 169 cm³/mol. The molecule has 0 aromatic rings. The van der Waals surface area contributed by atoms with E-state index in [2.05, 4.69) is 26.9 Å². The average molecular weight is 592 g/mol. The minimum absolute atomic E-state index is 0. The van der Waals surface area contributed by atoms with Crippen LogP contribution in [0.2, 0.25) is 0 Å². The maximum atomic E-state index is 2.48. The minimum atomic E-state index is -0.517. The zero-order valence-corrected chi connectivity index (χ0v) is 28.5. The third kappa shape index (κ3) is 37.1. The van der Waals surface area contributed by atoms with Crippen molar-refractivity contribution in [2.75, 3.05) is 26.2 Å². The molecule has 0 N–H and O–H groups in total. The first-order valence-corrected chi connectivity index (χ1v) is 20.2. The Kier molecular flexibility index (Phi) is 34.8. The fraction of sp³-hybridized carbons (Fsp3) is 1.00. The Bertz CT molecular complexity index is 376. The van der Waals surface area contributed by atoms with Crippen LogP contribution in [-0.2, 0) is 0 Å². The molecule has 0 unspecified atom stereocenters. The summed E-state index contributed by atoms with van der Waals surface area (Å²) in [6.45, 7) is 9.75. The van der Waals surface area contributed by atoms with E-state index in [-0.39, 0.29) is 17.0 Å². The van der Waals surface area contributed by atoms with Gasteiger partial charge in [-0.25, -0.2) is 0 Å². The van der Waals surface area contributed by atoms with Gasteiger partial charge in [0, 0.05) is 27.3 Å². The molecule has 0 nitrogen and oxygen atoms in total. The molecule has 0 saturated heterocycles. The van der Waals surface area contributed by atoms with E-state index in [1.807, 2.05) is 0 Å². The number of rotatable bonds is 30. The van der Waals surface area contributed by atoms with E-state index in [4.69, 9.17) is 0 Å². The molecule has 0 aromatic carbocycles. The van der Waals surface area contributed by atoms with Gasteiger partial charge in [-0.15, -0.1) is 0 Å². The van der Waals surface area contributed by atoms with Gasteiger partial charge in [-0.2, -0.15) is 0 Å². The van der Waals surface area contributed by atoms with Crippen LogP contribution in [0.4, 0.5) is 0 Å². The lowest BCUT2D eigenvalue weighted by Crippen LogP contribution is -3.00. The van der Waals surface area contributed by atoms with Gasteiger partial charge < -0.3 is 17.0 Å². The molecule has 0 saturated carbocycles. The quantitative estimate of drug-likeness (QED) is 0.0576. The van der Waals surface area contributed by atoms with Crippen LogP contribution in [0.1, 0.15) is 193 Å². The van der Waals surface area contributed by atoms with Crippen molar-refractivity contribution < 1.29 is 17.0 Å². The standard InChI is InChI=1S/C34H72P.BrH/c1-5-6-7-8-9-10-11-12-13-14-15-16-17-18-19-20-21-22-23-24-25-26-27-28-29-30-31-32-33-34-35(2,3)4;/h5-34H2,1-4H3;1H/q+1;/p-1. The third-order valence-electron chi connectivity index (χ3n) is 7.93. The molecule has 0 fully saturated rings. The lowest BCUT2D eigenvalue weighted by Gasteiger charge is -2.10. The van der Waals surface area contributed by atoms with Crippen LogP contribution >= 0.6 is 7.26 Å². The van der Waals surface area contributed by atoms with Gasteiger partial charge in [0.1, 0.15) is 0 Å². The second-order valence-electron chi connectivity index (χ2n) is 12.9. The zero-order valence-electron chi connectivity index (χ0n) is 26.0. The molecule has 0 heterocycles. The molecule has 0 rings (SSSR count). The van der Waals surface area contributed by atoms with Crippen molar-refractivity contribution in [3.8, 4) is 0 Å². The summed E-state index contributed by atoms with van der Waals surface area (Å²) >= 11 is 0. The van der Waals surface area contributed by atoms with Crippen molar-refractivity contribution in [1.29, 1.82) is 0 Å². The summed E-state index contributed by atoms with van der Waals surface area (Å²) in [6.07, 6.45) is 44.6. The maximum Gasteiger partial charge on any atom is 0.0586 e. The zero-order chi connectivity index (χ0) is 25.7. The number of unbranched alkanes of at least 4 members (excludes halogenated alkanes) is 28. The van der Waals surface area contributed by atoms with Crippen LogP contribution in [0.3, 0.4) is 0 Å². The first-order valence-electron chi connectivity index (χ1n) is 16.9. The molecule has 0 atom stereocenters. The van der Waals surface area contributed by atoms with E-state index >= 15 is 0 Å². The SMILES string of the molecule is CCCCCCCCCCCCCCCCCCCCCCCCCCCCCCC[P+](C)(C)C.[Br-]. The average Bonchev–Trinajstić information content (AvgIpc) is 2.82. The lowest BCUT2D eigenvalue weighted by atomic mass is 10.0. The van der Waals surface area contributed by atoms with Gasteiger partial charge in [0.15, 0.2) is 0 Å². The van der Waals surface area contributed by atoms with Crippen LogP contribution in [0.25, 0.3) is 0 Å². The molecule has 0 amide bonds. The Hall–Kier alpha value is 0.910. The molecule has 0 aliphatic rings. The summed E-state index contributed by atoms with van der Waals surface area (Å²) in [6, 6.07) is 0. The molecule has 0 aliphatic carbocycles. The Morgan fingerprint density at radius 2 is 0.444 bits per heavy atom. The highest BCUT2D eigenvalue weighted by atomic mass is 79.9. The van der Waals surface area contributed by atoms with Crippen molar-refractivity contribution in [1.82, 2.24) is 0 Å². The van der Waals surface area contributed by atoms with Gasteiger partial charge in [-0.05, 0) is 12.8 Å². The molecular weight excluding hydrogens is 519 g/mol. The summed E-state index contributed by atoms with van der Waals surface area (Å²) in [5.74, 6) is 0. The van der Waals surface area contributed by atoms with Crippen LogP contribution < -0.4 is 17.0 Å². The Morgan fingerprint density at radius 1 is 0.278 bits per heavy atom. The Morgan fingerprint density at radius 3 is 0.611 bits per heavy atom. The minimum Gasteiger partial charge on any atom is -1.00 e. The number of hydrogen-bond donors (Lipinski definition) is 0. The van der Waals surface area contributed by atoms with Crippen molar-refractivity contribution in [2.24, 2.45) is 0 Å². The Balaban J connectivity index is 0. The topological polar surface area (TPSA) is 0 Å². The van der Waals surface area contributed by atoms with E-state index in [0.717, 1.165) is 0 Å². The molecule has 36 heavy (non-hydrogen) atoms. The van der Waals surface area contributed by atoms with Crippen LogP contribution in [0.5, 0.6) is 0 Å². The molecule has 220 valence electrons. The van der Waals surface area contributed by atoms with Gasteiger partial charge >= 0.3 is 0 Å². The number of halogens is 1. The third-order valence-corrected chi connectivity index (χ3v) is 9.59. The van der Waals surface area contributed by atoms with E-state index in [9.17, 15) is 0 Å². The maximum absolute atomic E-state index is 2.48. The van der Waals surface area contributed by atoms with E-state index < -0.39 is 7.26 Å². The van der Waals surface area contributed by atoms with Gasteiger partial charge in [0.05, 0.1) is 6.16 Å². The van der Waals surface area contributed by atoms with Crippen molar-refractivity contribution in [3.05, 3.63) is 0 Å². The highest BCUT2D eigenvalue weighted by Gasteiger charge is 2.15. The first kappa shape index (κ1) is 39.1. The summed E-state index contributed by atoms with van der Waals surface area (Å²) < 4.78 is 0. The number of hydrogen-bond acceptors (Lipinski definition) is 0. The second kappa shape index (κ2) is 32.1. The molecule has 0 bridgehead atoms. The van der Waals surface area contributed by atoms with E-state index in [1.165, 1.54) is 192 Å². The molecular formula is C34H72BrP. The molecule has 0 radical (unpaired) electrons. The largest absolute Gasteiger partial charge is 1.00 e. The summed E-state index contributed by atoms with van der Waals surface area (Å²) in [5.41, 5.74) is 0. The van der Waals surface area contributed by atoms with Crippen molar-refractivity contribution in [3.63, 3.8) is 0 Å². The van der Waals surface area contributed by atoms with Crippen LogP contribution in [0.15, 0.2) is 0 Å². The highest BCUT2D eigenvalue weighted by molar-refractivity contribution is 7.73. The Labute approximate surface area is 242 Å². The molecule has 2 heteroatoms. The fourth-order valence-electron chi connectivity index (χ4n) is 5.43. The molecule has 0 spiro atoms. The lowest BCUT2D eigenvalue weighted by molar-refractivity contribution is -0.00000806. The van der Waals surface area contributed by atoms with Crippen LogP contribution in [0, 0.1) is 0 Å². The van der Waals surface area contributed by atoms with E-state index in [1.54, 1.807) is 0 Å². The smallest absolute Gasteiger partial charge is 0.0586 e. The van der Waals surface area contributed by atoms with Gasteiger partial charge in [-0.1, -0.05) is 180 Å². The highest BCUT2D eigenvalue weighted by Crippen LogP contribution is 2.47.